The number of amides is 1. The molecule has 0 spiro atoms. The molecule has 1 aromatic heterocycles. The van der Waals surface area contributed by atoms with Crippen molar-refractivity contribution in [1.82, 2.24) is 4.57 Å². The van der Waals surface area contributed by atoms with Crippen molar-refractivity contribution in [1.29, 1.82) is 0 Å². The number of aliphatic hydroxyl groups excluding tert-OH is 2. The Morgan fingerprint density at radius 2 is 1.47 bits per heavy atom. The van der Waals surface area contributed by atoms with E-state index in [-0.39, 0.29) is 36.9 Å². The Kier molecular flexibility index (Phi) is 11.0. The Balaban J connectivity index is 1.78. The molecule has 7 nitrogen and oxygen atoms in total. The molecule has 0 aliphatic rings. The number of benzene rings is 3. The number of esters is 1. The summed E-state index contributed by atoms with van der Waals surface area (Å²) >= 11 is 0. The van der Waals surface area contributed by atoms with E-state index in [0.717, 1.165) is 22.5 Å². The van der Waals surface area contributed by atoms with E-state index in [9.17, 15) is 24.2 Å². The van der Waals surface area contributed by atoms with Gasteiger partial charge in [0.25, 0.3) is 5.91 Å². The Morgan fingerprint density at radius 1 is 0.867 bits per heavy atom. The lowest BCUT2D eigenvalue weighted by atomic mass is 9.94. The number of nitrogens with zero attached hydrogens (tertiary/aromatic N) is 1. The molecule has 0 saturated heterocycles. The first-order valence-electron chi connectivity index (χ1n) is 15.4. The lowest BCUT2D eigenvalue weighted by Crippen LogP contribution is -2.28. The maximum atomic E-state index is 14.2. The number of rotatable bonds is 12. The molecule has 0 aliphatic carbocycles. The highest BCUT2D eigenvalue weighted by molar-refractivity contribution is 6.12. The minimum absolute atomic E-state index is 0.0176. The monoisotopic (exact) mass is 614 g/mol. The van der Waals surface area contributed by atoms with Gasteiger partial charge in [0.05, 0.1) is 29.9 Å². The topological polar surface area (TPSA) is 101 Å². The average molecular weight is 615 g/mol. The maximum Gasteiger partial charge on any atom is 0.308 e. The Labute approximate surface area is 264 Å². The van der Waals surface area contributed by atoms with E-state index in [1.807, 2.05) is 79.1 Å². The second-order valence-corrected chi connectivity index (χ2v) is 12.6. The Bertz CT molecular complexity index is 1580. The van der Waals surface area contributed by atoms with Crippen LogP contribution in [-0.2, 0) is 16.1 Å². The van der Waals surface area contributed by atoms with Crippen molar-refractivity contribution in [3.8, 4) is 22.4 Å². The number of carbonyl (C=O) groups is 2. The van der Waals surface area contributed by atoms with Crippen LogP contribution >= 0.6 is 0 Å². The lowest BCUT2D eigenvalue weighted by Gasteiger charge is -2.22. The third-order valence-corrected chi connectivity index (χ3v) is 7.34. The number of aliphatic hydroxyl groups is 2. The normalized spacial score (nSPS) is 13.0. The van der Waals surface area contributed by atoms with Gasteiger partial charge in [-0.1, -0.05) is 62.4 Å². The summed E-state index contributed by atoms with van der Waals surface area (Å²) in [7, 11) is 0. The first-order valence-corrected chi connectivity index (χ1v) is 15.4. The third-order valence-electron chi connectivity index (χ3n) is 7.34. The highest BCUT2D eigenvalue weighted by Crippen LogP contribution is 2.42. The summed E-state index contributed by atoms with van der Waals surface area (Å²) in [5.74, 6) is -1.29. The zero-order valence-corrected chi connectivity index (χ0v) is 26.6. The summed E-state index contributed by atoms with van der Waals surface area (Å²) in [6, 6.07) is 25.0. The van der Waals surface area contributed by atoms with Gasteiger partial charge >= 0.3 is 5.97 Å². The van der Waals surface area contributed by atoms with E-state index in [1.54, 1.807) is 32.9 Å². The molecule has 1 amide bonds. The van der Waals surface area contributed by atoms with Gasteiger partial charge in [0.1, 0.15) is 11.4 Å². The smallest absolute Gasteiger partial charge is 0.308 e. The summed E-state index contributed by atoms with van der Waals surface area (Å²) in [6.07, 6.45) is -2.02. The highest BCUT2D eigenvalue weighted by Gasteiger charge is 2.31. The molecule has 4 aromatic rings. The number of hydrogen-bond acceptors (Lipinski definition) is 5. The van der Waals surface area contributed by atoms with E-state index in [2.05, 4.69) is 5.32 Å². The minimum Gasteiger partial charge on any atom is -0.460 e. The van der Waals surface area contributed by atoms with Crippen molar-refractivity contribution in [3.63, 3.8) is 0 Å². The Hall–Kier alpha value is -4.27. The van der Waals surface area contributed by atoms with Crippen LogP contribution in [0.3, 0.4) is 0 Å². The van der Waals surface area contributed by atoms with Gasteiger partial charge in [-0.25, -0.2) is 4.39 Å². The molecule has 0 aliphatic heterocycles. The number of nitrogens with one attached hydrogen (secondary N) is 1. The van der Waals surface area contributed by atoms with E-state index in [4.69, 9.17) is 4.74 Å². The highest BCUT2D eigenvalue weighted by atomic mass is 19.1. The van der Waals surface area contributed by atoms with Gasteiger partial charge in [-0.05, 0) is 87.1 Å². The molecule has 8 heteroatoms. The molecular weight excluding hydrogens is 571 g/mol. The molecule has 0 radical (unpaired) electrons. The number of para-hydroxylation sites is 1. The average Bonchev–Trinajstić information content (AvgIpc) is 3.32. The number of anilines is 1. The van der Waals surface area contributed by atoms with Crippen LogP contribution in [0.1, 0.15) is 75.9 Å². The molecule has 0 unspecified atom stereocenters. The van der Waals surface area contributed by atoms with Crippen LogP contribution in [0.4, 0.5) is 10.1 Å². The van der Waals surface area contributed by atoms with Crippen molar-refractivity contribution >= 4 is 17.6 Å². The maximum absolute atomic E-state index is 14.2. The SMILES string of the molecule is CC(C)c1c(C(=O)Nc2ccccc2)c(-c2ccccc2)c(-c2ccc(F)cc2)n1CC[C@H](O)C[C@H](O)CC(=O)OC(C)(C)C. The largest absolute Gasteiger partial charge is 0.460 e. The van der Waals surface area contributed by atoms with Crippen LogP contribution in [-0.4, -0.2) is 44.5 Å². The van der Waals surface area contributed by atoms with Crippen molar-refractivity contribution in [2.75, 3.05) is 5.32 Å². The molecule has 238 valence electrons. The molecular formula is C37H43FN2O5. The fourth-order valence-electron chi connectivity index (χ4n) is 5.58. The van der Waals surface area contributed by atoms with E-state index < -0.39 is 23.8 Å². The van der Waals surface area contributed by atoms with Gasteiger partial charge in [0.2, 0.25) is 0 Å². The van der Waals surface area contributed by atoms with Gasteiger partial charge < -0.3 is 24.8 Å². The number of halogens is 1. The molecule has 1 heterocycles. The summed E-state index contributed by atoms with van der Waals surface area (Å²) in [5, 5.41) is 24.6. The van der Waals surface area contributed by atoms with E-state index in [0.29, 0.717) is 23.4 Å². The predicted octanol–water partition coefficient (Wildman–Crippen LogP) is 7.57. The van der Waals surface area contributed by atoms with Gasteiger partial charge in [-0.15, -0.1) is 0 Å². The van der Waals surface area contributed by atoms with Crippen molar-refractivity contribution in [2.45, 2.75) is 84.2 Å². The number of hydrogen-bond donors (Lipinski definition) is 3. The van der Waals surface area contributed by atoms with Gasteiger partial charge in [-0.2, -0.15) is 0 Å². The summed E-state index contributed by atoms with van der Waals surface area (Å²) < 4.78 is 21.4. The number of carbonyl (C=O) groups excluding carboxylic acids is 2. The van der Waals surface area contributed by atoms with Crippen LogP contribution < -0.4 is 5.32 Å². The fourth-order valence-corrected chi connectivity index (χ4v) is 5.58. The summed E-state index contributed by atoms with van der Waals surface area (Å²) in [5.41, 5.74) is 4.22. The summed E-state index contributed by atoms with van der Waals surface area (Å²) in [6.45, 7) is 9.59. The van der Waals surface area contributed by atoms with Crippen LogP contribution in [0.15, 0.2) is 84.9 Å². The zero-order valence-electron chi connectivity index (χ0n) is 26.6. The zero-order chi connectivity index (χ0) is 32.7. The first kappa shape index (κ1) is 33.6. The van der Waals surface area contributed by atoms with Crippen molar-refractivity contribution in [3.05, 3.63) is 102 Å². The van der Waals surface area contributed by atoms with E-state index in [1.165, 1.54) is 12.1 Å². The molecule has 3 aromatic carbocycles. The van der Waals surface area contributed by atoms with Crippen LogP contribution in [0.25, 0.3) is 22.4 Å². The third kappa shape index (κ3) is 8.90. The van der Waals surface area contributed by atoms with Gasteiger partial charge in [-0.3, -0.25) is 9.59 Å². The van der Waals surface area contributed by atoms with Crippen LogP contribution in [0, 0.1) is 5.82 Å². The second kappa shape index (κ2) is 14.7. The second-order valence-electron chi connectivity index (χ2n) is 12.6. The Morgan fingerprint density at radius 3 is 2.04 bits per heavy atom. The molecule has 2 atom stereocenters. The van der Waals surface area contributed by atoms with Crippen molar-refractivity contribution in [2.24, 2.45) is 0 Å². The molecule has 0 fully saturated rings. The fraction of sp³-hybridized carbons (Fsp3) is 0.351. The molecule has 3 N–H and O–H groups in total. The predicted molar refractivity (Wildman–Crippen MR) is 175 cm³/mol. The molecule has 0 saturated carbocycles. The standard InChI is InChI=1S/C37H43FN2O5/c1-24(2)34-33(36(44)39-28-14-10-7-11-15-28)32(25-12-8-6-9-13-25)35(26-16-18-27(38)19-17-26)40(34)21-20-29(41)22-30(42)23-31(43)45-37(3,4)5/h6-19,24,29-30,41-42H,20-23H2,1-5H3,(H,39,44)/t29-,30-/m0/s1. The number of ether oxygens (including phenoxy) is 1. The molecule has 0 bridgehead atoms. The molecule has 4 rings (SSSR count). The van der Waals surface area contributed by atoms with Crippen molar-refractivity contribution < 1.29 is 28.9 Å². The van der Waals surface area contributed by atoms with E-state index >= 15 is 0 Å². The van der Waals surface area contributed by atoms with Gasteiger partial charge in [0, 0.05) is 23.5 Å². The summed E-state index contributed by atoms with van der Waals surface area (Å²) in [4.78, 5) is 26.4. The quantitative estimate of drug-likeness (QED) is 0.143. The van der Waals surface area contributed by atoms with Gasteiger partial charge in [0.15, 0.2) is 0 Å². The van der Waals surface area contributed by atoms with Crippen LogP contribution in [0.5, 0.6) is 0 Å². The first-order chi connectivity index (χ1) is 21.3. The lowest BCUT2D eigenvalue weighted by molar-refractivity contribution is -0.157. The minimum atomic E-state index is -1.08. The van der Waals surface area contributed by atoms with Crippen LogP contribution in [0.2, 0.25) is 0 Å². The number of aromatic nitrogens is 1. The molecule has 45 heavy (non-hydrogen) atoms.